The van der Waals surface area contributed by atoms with E-state index in [-0.39, 0.29) is 0 Å². The summed E-state index contributed by atoms with van der Waals surface area (Å²) < 4.78 is 0. The van der Waals surface area contributed by atoms with Crippen LogP contribution in [0.25, 0.3) is 0 Å². The summed E-state index contributed by atoms with van der Waals surface area (Å²) in [5.74, 6) is 1.57. The highest BCUT2D eigenvalue weighted by Gasteiger charge is 2.22. The van der Waals surface area contributed by atoms with Crippen molar-refractivity contribution in [2.75, 3.05) is 19.6 Å². The Labute approximate surface area is 56.8 Å². The van der Waals surface area contributed by atoms with Crippen LogP contribution < -0.4 is 11.1 Å². The molecule has 1 aliphatic rings. The standard InChI is InChI=1S/C7H15N2/c1-6-4-9-5-7(6)2-3-8/h6-7H,2-5,8H2,1H3. The van der Waals surface area contributed by atoms with Gasteiger partial charge in [0, 0.05) is 13.1 Å². The Balaban J connectivity index is 2.22. The Hall–Kier alpha value is -0.0800. The van der Waals surface area contributed by atoms with Gasteiger partial charge < -0.3 is 5.73 Å². The van der Waals surface area contributed by atoms with Crippen LogP contribution in [0.2, 0.25) is 0 Å². The second kappa shape index (κ2) is 3.18. The van der Waals surface area contributed by atoms with E-state index in [1.165, 1.54) is 0 Å². The molecule has 2 unspecified atom stereocenters. The number of hydrogen-bond acceptors (Lipinski definition) is 1. The molecule has 1 heterocycles. The third-order valence-corrected chi connectivity index (χ3v) is 2.12. The SMILES string of the molecule is CC1C[N]CC1CCN. The van der Waals surface area contributed by atoms with Crippen LogP contribution in [-0.4, -0.2) is 19.6 Å². The molecule has 0 saturated carbocycles. The average molecular weight is 127 g/mol. The minimum atomic E-state index is 0.786. The van der Waals surface area contributed by atoms with Crippen LogP contribution in [0.3, 0.4) is 0 Å². The highest BCUT2D eigenvalue weighted by atomic mass is 14.9. The molecule has 0 aliphatic carbocycles. The fourth-order valence-corrected chi connectivity index (χ4v) is 1.36. The van der Waals surface area contributed by atoms with Crippen molar-refractivity contribution < 1.29 is 0 Å². The maximum Gasteiger partial charge on any atom is 0.0165 e. The molecule has 0 aromatic rings. The first kappa shape index (κ1) is 7.03. The maximum atomic E-state index is 5.43. The zero-order valence-corrected chi connectivity index (χ0v) is 6.01. The minimum absolute atomic E-state index is 0.786. The van der Waals surface area contributed by atoms with Gasteiger partial charge >= 0.3 is 0 Å². The number of rotatable bonds is 2. The summed E-state index contributed by atoms with van der Waals surface area (Å²) >= 11 is 0. The van der Waals surface area contributed by atoms with E-state index in [4.69, 9.17) is 5.73 Å². The summed E-state index contributed by atoms with van der Waals surface area (Å²) in [6.07, 6.45) is 1.16. The van der Waals surface area contributed by atoms with Gasteiger partial charge in [-0.25, -0.2) is 5.32 Å². The predicted molar refractivity (Wildman–Crippen MR) is 38.2 cm³/mol. The van der Waals surface area contributed by atoms with E-state index >= 15 is 0 Å². The molecular formula is C7H15N2. The molecule has 1 saturated heterocycles. The molecule has 0 bridgehead atoms. The molecule has 0 aromatic carbocycles. The Kier molecular flexibility index (Phi) is 2.49. The molecule has 2 heteroatoms. The molecule has 0 aromatic heterocycles. The highest BCUT2D eigenvalue weighted by Crippen LogP contribution is 2.19. The summed E-state index contributed by atoms with van der Waals surface area (Å²) in [6.45, 7) is 5.20. The van der Waals surface area contributed by atoms with Crippen LogP contribution in [0.5, 0.6) is 0 Å². The van der Waals surface area contributed by atoms with E-state index in [0.29, 0.717) is 0 Å². The third-order valence-electron chi connectivity index (χ3n) is 2.12. The Morgan fingerprint density at radius 1 is 1.56 bits per heavy atom. The Morgan fingerprint density at radius 3 is 2.78 bits per heavy atom. The molecule has 1 radical (unpaired) electrons. The first-order chi connectivity index (χ1) is 4.34. The van der Waals surface area contributed by atoms with Crippen LogP contribution in [0.15, 0.2) is 0 Å². The summed E-state index contributed by atoms with van der Waals surface area (Å²) in [6, 6.07) is 0. The van der Waals surface area contributed by atoms with Crippen molar-refractivity contribution in [3.8, 4) is 0 Å². The maximum absolute atomic E-state index is 5.43. The van der Waals surface area contributed by atoms with E-state index in [1.807, 2.05) is 0 Å². The van der Waals surface area contributed by atoms with Gasteiger partial charge in [-0.1, -0.05) is 6.92 Å². The minimum Gasteiger partial charge on any atom is -0.330 e. The second-order valence-corrected chi connectivity index (χ2v) is 2.90. The van der Waals surface area contributed by atoms with Gasteiger partial charge in [0.05, 0.1) is 0 Å². The Bertz CT molecular complexity index is 83.0. The molecule has 0 amide bonds. The van der Waals surface area contributed by atoms with Crippen molar-refractivity contribution in [2.24, 2.45) is 17.6 Å². The van der Waals surface area contributed by atoms with Gasteiger partial charge in [0.1, 0.15) is 0 Å². The number of nitrogens with two attached hydrogens (primary N) is 1. The molecule has 1 aliphatic heterocycles. The molecule has 0 spiro atoms. The van der Waals surface area contributed by atoms with Crippen LogP contribution in [0.4, 0.5) is 0 Å². The number of hydrogen-bond donors (Lipinski definition) is 1. The lowest BCUT2D eigenvalue weighted by molar-refractivity contribution is 0.428. The van der Waals surface area contributed by atoms with Crippen LogP contribution in [0, 0.1) is 11.8 Å². The van der Waals surface area contributed by atoms with Gasteiger partial charge in [0.2, 0.25) is 0 Å². The first-order valence-corrected chi connectivity index (χ1v) is 3.68. The van der Waals surface area contributed by atoms with E-state index in [9.17, 15) is 0 Å². The summed E-state index contributed by atoms with van der Waals surface area (Å²) in [5, 5.41) is 4.31. The molecule has 2 atom stereocenters. The topological polar surface area (TPSA) is 40.1 Å². The summed E-state index contributed by atoms with van der Waals surface area (Å²) in [5.41, 5.74) is 5.43. The monoisotopic (exact) mass is 127 g/mol. The van der Waals surface area contributed by atoms with Crippen molar-refractivity contribution in [3.05, 3.63) is 0 Å². The first-order valence-electron chi connectivity index (χ1n) is 3.68. The lowest BCUT2D eigenvalue weighted by Crippen LogP contribution is -2.14. The van der Waals surface area contributed by atoms with Crippen molar-refractivity contribution in [1.29, 1.82) is 0 Å². The fourth-order valence-electron chi connectivity index (χ4n) is 1.36. The second-order valence-electron chi connectivity index (χ2n) is 2.90. The lowest BCUT2D eigenvalue weighted by Gasteiger charge is -2.10. The zero-order chi connectivity index (χ0) is 6.69. The fraction of sp³-hybridized carbons (Fsp3) is 1.00. The van der Waals surface area contributed by atoms with E-state index in [1.54, 1.807) is 0 Å². The molecule has 2 N–H and O–H groups in total. The molecule has 9 heavy (non-hydrogen) atoms. The molecule has 53 valence electrons. The van der Waals surface area contributed by atoms with E-state index in [2.05, 4.69) is 12.2 Å². The predicted octanol–water partition coefficient (Wildman–Crippen LogP) is 0.206. The summed E-state index contributed by atoms with van der Waals surface area (Å²) in [7, 11) is 0. The summed E-state index contributed by atoms with van der Waals surface area (Å²) in [4.78, 5) is 0. The van der Waals surface area contributed by atoms with Gasteiger partial charge in [-0.15, -0.1) is 0 Å². The van der Waals surface area contributed by atoms with Crippen molar-refractivity contribution in [3.63, 3.8) is 0 Å². The van der Waals surface area contributed by atoms with Crippen LogP contribution >= 0.6 is 0 Å². The number of nitrogens with zero attached hydrogens (tertiary/aromatic N) is 1. The van der Waals surface area contributed by atoms with E-state index < -0.39 is 0 Å². The van der Waals surface area contributed by atoms with Crippen LogP contribution in [-0.2, 0) is 0 Å². The Morgan fingerprint density at radius 2 is 2.33 bits per heavy atom. The van der Waals surface area contributed by atoms with Gasteiger partial charge in [0.25, 0.3) is 0 Å². The van der Waals surface area contributed by atoms with Gasteiger partial charge in [-0.05, 0) is 24.8 Å². The largest absolute Gasteiger partial charge is 0.330 e. The van der Waals surface area contributed by atoms with Crippen molar-refractivity contribution in [2.45, 2.75) is 13.3 Å². The van der Waals surface area contributed by atoms with Crippen molar-refractivity contribution >= 4 is 0 Å². The van der Waals surface area contributed by atoms with Gasteiger partial charge in [-0.2, -0.15) is 0 Å². The quantitative estimate of drug-likeness (QED) is 0.565. The zero-order valence-electron chi connectivity index (χ0n) is 6.01. The lowest BCUT2D eigenvalue weighted by atomic mass is 9.95. The van der Waals surface area contributed by atoms with Gasteiger partial charge in [-0.3, -0.25) is 0 Å². The highest BCUT2D eigenvalue weighted by molar-refractivity contribution is 4.77. The molecule has 1 fully saturated rings. The molecular weight excluding hydrogens is 112 g/mol. The molecule has 2 nitrogen and oxygen atoms in total. The van der Waals surface area contributed by atoms with Crippen molar-refractivity contribution in [1.82, 2.24) is 5.32 Å². The normalized spacial score (nSPS) is 35.3. The smallest absolute Gasteiger partial charge is 0.0165 e. The van der Waals surface area contributed by atoms with Gasteiger partial charge in [0.15, 0.2) is 0 Å². The molecule has 1 rings (SSSR count). The van der Waals surface area contributed by atoms with Crippen LogP contribution in [0.1, 0.15) is 13.3 Å². The average Bonchev–Trinajstić information content (AvgIpc) is 2.18. The van der Waals surface area contributed by atoms with E-state index in [0.717, 1.165) is 37.9 Å². The third kappa shape index (κ3) is 1.66.